The number of aliphatic hydroxyl groups is 1. The second kappa shape index (κ2) is 6.73. The third-order valence-corrected chi connectivity index (χ3v) is 5.59. The van der Waals surface area contributed by atoms with Gasteiger partial charge in [-0.2, -0.15) is 0 Å². The minimum absolute atomic E-state index is 0.0212. The molecule has 0 atom stereocenters. The molecule has 0 saturated heterocycles. The lowest BCUT2D eigenvalue weighted by Gasteiger charge is -2.31. The van der Waals surface area contributed by atoms with Crippen molar-refractivity contribution in [2.75, 3.05) is 0 Å². The van der Waals surface area contributed by atoms with E-state index < -0.39 is 47.1 Å². The number of fused-ring (bicyclic) bond motifs is 1. The summed E-state index contributed by atoms with van der Waals surface area (Å²) in [7, 11) is 0. The smallest absolute Gasteiger partial charge is 0.234 e. The second-order valence-corrected chi connectivity index (χ2v) is 7.21. The maximum atomic E-state index is 12.8. The van der Waals surface area contributed by atoms with Gasteiger partial charge in [0.2, 0.25) is 11.6 Å². The molecule has 1 fully saturated rings. The van der Waals surface area contributed by atoms with Crippen LogP contribution in [0.3, 0.4) is 0 Å². The Morgan fingerprint density at radius 3 is 2.12 bits per heavy atom. The quantitative estimate of drug-likeness (QED) is 0.725. The molecule has 1 N–H and O–H groups in total. The monoisotopic (exact) mass is 370 g/mol. The van der Waals surface area contributed by atoms with Crippen molar-refractivity contribution in [3.8, 4) is 0 Å². The van der Waals surface area contributed by atoms with E-state index in [4.69, 9.17) is 17.1 Å². The molecular weight excluding hydrogens is 348 g/mol. The minimum Gasteiger partial charge on any atom is -0.507 e. The highest BCUT2D eigenvalue weighted by Crippen LogP contribution is 2.42. The molecule has 2 aromatic carbocycles. The summed E-state index contributed by atoms with van der Waals surface area (Å²) in [6, 6.07) is 5.39. The van der Waals surface area contributed by atoms with Crippen molar-refractivity contribution in [2.24, 2.45) is 5.92 Å². The largest absolute Gasteiger partial charge is 0.507 e. The van der Waals surface area contributed by atoms with Crippen LogP contribution >= 0.6 is 11.6 Å². The first-order valence-electron chi connectivity index (χ1n) is 10.6. The van der Waals surface area contributed by atoms with Crippen molar-refractivity contribution >= 4 is 28.9 Å². The van der Waals surface area contributed by atoms with Gasteiger partial charge in [-0.15, -0.1) is 0 Å². The van der Waals surface area contributed by atoms with E-state index in [9.17, 15) is 14.7 Å². The molecule has 26 heavy (non-hydrogen) atoms. The van der Waals surface area contributed by atoms with Gasteiger partial charge in [0.25, 0.3) is 0 Å². The van der Waals surface area contributed by atoms with Crippen molar-refractivity contribution < 1.29 is 20.2 Å². The van der Waals surface area contributed by atoms with Crippen molar-refractivity contribution in [2.45, 2.75) is 31.6 Å². The van der Waals surface area contributed by atoms with E-state index >= 15 is 0 Å². The number of halogens is 1. The number of Topliss-reactive ketones (excluding diaryl/α,β-unsaturated/α-hetero) is 2. The molecule has 0 radical (unpaired) electrons. The Balaban J connectivity index is 1.69. The maximum absolute atomic E-state index is 12.8. The van der Waals surface area contributed by atoms with Gasteiger partial charge in [0.1, 0.15) is 5.76 Å². The van der Waals surface area contributed by atoms with Gasteiger partial charge >= 0.3 is 0 Å². The van der Waals surface area contributed by atoms with Gasteiger partial charge in [0.15, 0.2) is 0 Å². The normalized spacial score (nSPS) is 25.3. The molecule has 0 bridgehead atoms. The minimum atomic E-state index is -0.982. The van der Waals surface area contributed by atoms with Gasteiger partial charge in [0, 0.05) is 21.7 Å². The van der Waals surface area contributed by atoms with Gasteiger partial charge < -0.3 is 5.11 Å². The van der Waals surface area contributed by atoms with E-state index in [-0.39, 0.29) is 17.1 Å². The zero-order valence-corrected chi connectivity index (χ0v) is 14.7. The summed E-state index contributed by atoms with van der Waals surface area (Å²) in [5, 5.41) is 11.5. The Bertz CT molecular complexity index is 1100. The van der Waals surface area contributed by atoms with Crippen molar-refractivity contribution in [1.82, 2.24) is 0 Å². The fourth-order valence-corrected chi connectivity index (χ4v) is 4.09. The van der Waals surface area contributed by atoms with Gasteiger partial charge in [-0.05, 0) is 55.2 Å². The molecule has 4 rings (SSSR count). The maximum Gasteiger partial charge on any atom is 0.234 e. The SMILES string of the molecule is [2H]c1c([2H])c([2H])c2c(c1[2H])C(=O)C(=O)C(C1CCC(c3ccc(Cl)cc3)CC1)=C2O. The number of allylic oxidation sites excluding steroid dienone is 1. The average Bonchev–Trinajstić information content (AvgIpc) is 2.74. The molecule has 2 aromatic rings. The van der Waals surface area contributed by atoms with Crippen LogP contribution in [0, 0.1) is 5.92 Å². The van der Waals surface area contributed by atoms with Crippen LogP contribution in [-0.2, 0) is 4.79 Å². The summed E-state index contributed by atoms with van der Waals surface area (Å²) in [5.74, 6) is -2.39. The van der Waals surface area contributed by atoms with Crippen LogP contribution in [0.4, 0.5) is 0 Å². The number of ketones is 2. The van der Waals surface area contributed by atoms with Gasteiger partial charge in [-0.25, -0.2) is 0 Å². The number of carbonyl (C=O) groups excluding carboxylic acids is 2. The number of hydrogen-bond acceptors (Lipinski definition) is 3. The second-order valence-electron chi connectivity index (χ2n) is 6.77. The summed E-state index contributed by atoms with van der Waals surface area (Å²) in [4.78, 5) is 25.5. The Kier molecular flexibility index (Phi) is 3.33. The van der Waals surface area contributed by atoms with Gasteiger partial charge in [-0.3, -0.25) is 9.59 Å². The molecule has 0 heterocycles. The lowest BCUT2D eigenvalue weighted by atomic mass is 9.72. The Labute approximate surface area is 162 Å². The summed E-state index contributed by atoms with van der Waals surface area (Å²) >= 11 is 5.95. The third kappa shape index (κ3) is 2.86. The molecule has 0 unspecified atom stereocenters. The van der Waals surface area contributed by atoms with Crippen molar-refractivity contribution in [1.29, 1.82) is 0 Å². The summed E-state index contributed by atoms with van der Waals surface area (Å²) in [5.41, 5.74) is 0.427. The van der Waals surface area contributed by atoms with E-state index in [0.717, 1.165) is 18.4 Å². The lowest BCUT2D eigenvalue weighted by molar-refractivity contribution is -0.112. The van der Waals surface area contributed by atoms with E-state index in [1.807, 2.05) is 24.3 Å². The number of aliphatic hydroxyl groups excluding tert-OH is 1. The predicted octanol–water partition coefficient (Wildman–Crippen LogP) is 5.35. The highest BCUT2D eigenvalue weighted by molar-refractivity contribution is 6.52. The highest BCUT2D eigenvalue weighted by atomic mass is 35.5. The topological polar surface area (TPSA) is 54.4 Å². The zero-order valence-electron chi connectivity index (χ0n) is 17.9. The van der Waals surface area contributed by atoms with Gasteiger partial charge in [0.05, 0.1) is 5.48 Å². The number of rotatable bonds is 2. The average molecular weight is 371 g/mol. The number of carbonyl (C=O) groups is 2. The van der Waals surface area contributed by atoms with E-state index in [1.54, 1.807) is 0 Å². The molecule has 0 spiro atoms. The molecule has 3 nitrogen and oxygen atoms in total. The number of benzene rings is 2. The Morgan fingerprint density at radius 1 is 0.885 bits per heavy atom. The molecule has 2 aliphatic carbocycles. The summed E-state index contributed by atoms with van der Waals surface area (Å²) in [6.07, 6.45) is 2.72. The van der Waals surface area contributed by atoms with Crippen LogP contribution in [0.5, 0.6) is 0 Å². The van der Waals surface area contributed by atoms with Crippen LogP contribution in [0.2, 0.25) is 5.02 Å². The van der Waals surface area contributed by atoms with Crippen molar-refractivity contribution in [3.05, 3.63) is 75.7 Å². The van der Waals surface area contributed by atoms with Crippen LogP contribution in [0.15, 0.2) is 54.0 Å². The first-order valence-corrected chi connectivity index (χ1v) is 8.98. The molecule has 4 heteroatoms. The number of hydrogen-bond donors (Lipinski definition) is 1. The third-order valence-electron chi connectivity index (χ3n) is 5.33. The molecular formula is C22H19ClO3. The van der Waals surface area contributed by atoms with E-state index in [1.165, 1.54) is 0 Å². The molecule has 0 amide bonds. The van der Waals surface area contributed by atoms with Crippen LogP contribution in [0.1, 0.15) is 58.6 Å². The van der Waals surface area contributed by atoms with Gasteiger partial charge in [-0.1, -0.05) is 47.9 Å². The van der Waals surface area contributed by atoms with Crippen LogP contribution < -0.4 is 0 Å². The van der Waals surface area contributed by atoms with Crippen LogP contribution in [-0.4, -0.2) is 16.7 Å². The zero-order chi connectivity index (χ0) is 21.7. The molecule has 132 valence electrons. The van der Waals surface area contributed by atoms with E-state index in [0.29, 0.717) is 23.8 Å². The first-order chi connectivity index (χ1) is 14.2. The lowest BCUT2D eigenvalue weighted by Crippen LogP contribution is -2.29. The Hall–Kier alpha value is -2.39. The Morgan fingerprint density at radius 2 is 1.46 bits per heavy atom. The van der Waals surface area contributed by atoms with Crippen LogP contribution in [0.25, 0.3) is 5.76 Å². The standard InChI is InChI=1S/C22H19ClO3/c23-16-11-9-14(10-12-16)13-5-7-15(8-6-13)19-20(24)17-3-1-2-4-18(17)21(25)22(19)26/h1-4,9-13,15,24H,5-8H2/i1D,2D,3D,4D. The van der Waals surface area contributed by atoms with E-state index in [2.05, 4.69) is 0 Å². The summed E-state index contributed by atoms with van der Waals surface area (Å²) < 4.78 is 31.7. The molecule has 0 aromatic heterocycles. The molecule has 2 aliphatic rings. The predicted molar refractivity (Wildman–Crippen MR) is 101 cm³/mol. The van der Waals surface area contributed by atoms with Crippen molar-refractivity contribution in [3.63, 3.8) is 0 Å². The highest BCUT2D eigenvalue weighted by Gasteiger charge is 2.38. The fourth-order valence-electron chi connectivity index (χ4n) is 3.97. The summed E-state index contributed by atoms with van der Waals surface area (Å²) in [6.45, 7) is 0. The fraction of sp³-hybridized carbons (Fsp3) is 0.273. The first kappa shape index (κ1) is 12.9. The molecule has 1 saturated carbocycles. The molecule has 0 aliphatic heterocycles.